The van der Waals surface area contributed by atoms with Crippen molar-refractivity contribution in [1.29, 1.82) is 0 Å². The van der Waals surface area contributed by atoms with E-state index < -0.39 is 5.60 Å². The van der Waals surface area contributed by atoms with Crippen molar-refractivity contribution in [3.05, 3.63) is 41.5 Å². The molecule has 22 heavy (non-hydrogen) atoms. The van der Waals surface area contributed by atoms with Crippen LogP contribution in [0, 0.1) is 6.92 Å². The highest BCUT2D eigenvalue weighted by Crippen LogP contribution is 2.31. The molecule has 0 amide bonds. The summed E-state index contributed by atoms with van der Waals surface area (Å²) >= 11 is 0. The summed E-state index contributed by atoms with van der Waals surface area (Å²) in [5.41, 5.74) is 2.02. The van der Waals surface area contributed by atoms with Crippen LogP contribution in [0.4, 0.5) is 0 Å². The summed E-state index contributed by atoms with van der Waals surface area (Å²) in [5, 5.41) is 19.2. The molecule has 0 unspecified atom stereocenters. The summed E-state index contributed by atoms with van der Waals surface area (Å²) in [4.78, 5) is 6.57. The number of β-amino-alcohol motifs (C(OH)–C–C–N with tert-alkyl or cyclic N) is 1. The predicted octanol–water partition coefficient (Wildman–Crippen LogP) is 1.66. The maximum absolute atomic E-state index is 10.9. The van der Waals surface area contributed by atoms with Crippen LogP contribution >= 0.6 is 0 Å². The quantitative estimate of drug-likeness (QED) is 0.930. The second-order valence-electron chi connectivity index (χ2n) is 6.42. The Labute approximate surface area is 130 Å². The molecule has 1 aliphatic heterocycles. The summed E-state index contributed by atoms with van der Waals surface area (Å²) in [6.07, 6.45) is 4.36. The van der Waals surface area contributed by atoms with Crippen LogP contribution in [0.15, 0.2) is 24.5 Å². The normalized spacial score (nSPS) is 22.6. The van der Waals surface area contributed by atoms with Crippen LogP contribution in [0.3, 0.4) is 0 Å². The van der Waals surface area contributed by atoms with Gasteiger partial charge in [-0.1, -0.05) is 11.3 Å². The minimum absolute atomic E-state index is 0.250. The molecule has 3 heterocycles. The molecule has 0 radical (unpaired) electrons. The molecule has 1 aliphatic rings. The Bertz CT molecular complexity index is 653. The Kier molecular flexibility index (Phi) is 3.97. The summed E-state index contributed by atoms with van der Waals surface area (Å²) in [6, 6.07) is 4.30. The van der Waals surface area contributed by atoms with E-state index >= 15 is 0 Å². The zero-order valence-electron chi connectivity index (χ0n) is 13.4. The molecule has 1 atom stereocenters. The van der Waals surface area contributed by atoms with E-state index in [2.05, 4.69) is 40.1 Å². The Morgan fingerprint density at radius 1 is 1.41 bits per heavy atom. The third-order valence-corrected chi connectivity index (χ3v) is 4.35. The van der Waals surface area contributed by atoms with Crippen molar-refractivity contribution in [3.8, 4) is 0 Å². The van der Waals surface area contributed by atoms with Gasteiger partial charge in [-0.3, -0.25) is 9.88 Å². The molecule has 2 aromatic rings. The standard InChI is InChI=1S/C16H23N5O/c1-12(2)21-10-15(18-19-21)16(22)6-8-20(11-16)9-14-5-4-7-17-13(14)3/h4-5,7,10,12,22H,6,8-9,11H2,1-3H3/t16-/m1/s1. The summed E-state index contributed by atoms with van der Waals surface area (Å²) in [7, 11) is 0. The Balaban J connectivity index is 1.71. The largest absolute Gasteiger partial charge is 0.382 e. The second-order valence-corrected chi connectivity index (χ2v) is 6.42. The topological polar surface area (TPSA) is 67.1 Å². The number of hydrogen-bond acceptors (Lipinski definition) is 5. The van der Waals surface area contributed by atoms with Gasteiger partial charge in [0.15, 0.2) is 0 Å². The van der Waals surface area contributed by atoms with Crippen molar-refractivity contribution >= 4 is 0 Å². The van der Waals surface area contributed by atoms with Crippen LogP contribution in [0.5, 0.6) is 0 Å². The molecule has 3 rings (SSSR count). The molecule has 1 saturated heterocycles. The van der Waals surface area contributed by atoms with Crippen LogP contribution in [-0.2, 0) is 12.1 Å². The fourth-order valence-corrected chi connectivity index (χ4v) is 2.88. The minimum Gasteiger partial charge on any atom is -0.382 e. The maximum Gasteiger partial charge on any atom is 0.124 e. The van der Waals surface area contributed by atoms with Crippen molar-refractivity contribution < 1.29 is 5.11 Å². The van der Waals surface area contributed by atoms with E-state index in [-0.39, 0.29) is 6.04 Å². The molecule has 118 valence electrons. The molecule has 6 heteroatoms. The van der Waals surface area contributed by atoms with Crippen LogP contribution in [-0.4, -0.2) is 43.1 Å². The van der Waals surface area contributed by atoms with E-state index in [1.807, 2.05) is 25.4 Å². The van der Waals surface area contributed by atoms with Crippen molar-refractivity contribution in [2.24, 2.45) is 0 Å². The van der Waals surface area contributed by atoms with Crippen LogP contribution in [0.1, 0.15) is 43.3 Å². The lowest BCUT2D eigenvalue weighted by Crippen LogP contribution is -2.31. The van der Waals surface area contributed by atoms with Gasteiger partial charge in [-0.05, 0) is 38.8 Å². The van der Waals surface area contributed by atoms with E-state index in [0.717, 1.165) is 18.8 Å². The second kappa shape index (κ2) is 5.78. The molecule has 6 nitrogen and oxygen atoms in total. The highest BCUT2D eigenvalue weighted by Gasteiger charge is 2.40. The lowest BCUT2D eigenvalue weighted by molar-refractivity contribution is 0.0408. The molecular weight excluding hydrogens is 278 g/mol. The van der Waals surface area contributed by atoms with E-state index in [1.165, 1.54) is 5.56 Å². The summed E-state index contributed by atoms with van der Waals surface area (Å²) < 4.78 is 1.79. The average molecular weight is 301 g/mol. The zero-order chi connectivity index (χ0) is 15.7. The first kappa shape index (κ1) is 15.1. The number of aryl methyl sites for hydroxylation is 1. The maximum atomic E-state index is 10.9. The van der Waals surface area contributed by atoms with E-state index in [1.54, 1.807) is 4.68 Å². The third-order valence-electron chi connectivity index (χ3n) is 4.35. The number of hydrogen-bond donors (Lipinski definition) is 1. The summed E-state index contributed by atoms with van der Waals surface area (Å²) in [6.45, 7) is 8.35. The highest BCUT2D eigenvalue weighted by atomic mass is 16.3. The van der Waals surface area contributed by atoms with Gasteiger partial charge in [0, 0.05) is 37.6 Å². The smallest absolute Gasteiger partial charge is 0.124 e. The van der Waals surface area contributed by atoms with Crippen molar-refractivity contribution in [2.45, 2.75) is 45.4 Å². The van der Waals surface area contributed by atoms with Gasteiger partial charge >= 0.3 is 0 Å². The van der Waals surface area contributed by atoms with E-state index in [9.17, 15) is 5.11 Å². The molecule has 0 aromatic carbocycles. The highest BCUT2D eigenvalue weighted by molar-refractivity contribution is 5.19. The predicted molar refractivity (Wildman–Crippen MR) is 83.2 cm³/mol. The van der Waals surface area contributed by atoms with Crippen molar-refractivity contribution in [2.75, 3.05) is 13.1 Å². The van der Waals surface area contributed by atoms with Gasteiger partial charge in [-0.2, -0.15) is 0 Å². The van der Waals surface area contributed by atoms with Crippen LogP contribution < -0.4 is 0 Å². The van der Waals surface area contributed by atoms with Gasteiger partial charge in [-0.25, -0.2) is 4.68 Å². The third kappa shape index (κ3) is 2.89. The van der Waals surface area contributed by atoms with Crippen LogP contribution in [0.25, 0.3) is 0 Å². The van der Waals surface area contributed by atoms with Gasteiger partial charge < -0.3 is 5.11 Å². The van der Waals surface area contributed by atoms with E-state index in [4.69, 9.17) is 0 Å². The minimum atomic E-state index is -0.900. The van der Waals surface area contributed by atoms with Crippen molar-refractivity contribution in [3.63, 3.8) is 0 Å². The Hall–Kier alpha value is -1.79. The Morgan fingerprint density at radius 3 is 2.91 bits per heavy atom. The number of pyridine rings is 1. The van der Waals surface area contributed by atoms with Crippen LogP contribution in [0.2, 0.25) is 0 Å². The van der Waals surface area contributed by atoms with Gasteiger partial charge in [0.05, 0.1) is 6.20 Å². The Morgan fingerprint density at radius 2 is 2.23 bits per heavy atom. The number of nitrogens with zero attached hydrogens (tertiary/aromatic N) is 5. The fourth-order valence-electron chi connectivity index (χ4n) is 2.88. The molecular formula is C16H23N5O. The van der Waals surface area contributed by atoms with Crippen molar-refractivity contribution in [1.82, 2.24) is 24.9 Å². The molecule has 0 bridgehead atoms. The molecule has 1 fully saturated rings. The number of likely N-dealkylation sites (tertiary alicyclic amines) is 1. The van der Waals surface area contributed by atoms with Gasteiger partial charge in [-0.15, -0.1) is 5.10 Å². The number of aliphatic hydroxyl groups is 1. The molecule has 0 spiro atoms. The zero-order valence-corrected chi connectivity index (χ0v) is 13.4. The lowest BCUT2D eigenvalue weighted by atomic mass is 10.00. The monoisotopic (exact) mass is 301 g/mol. The first-order valence-corrected chi connectivity index (χ1v) is 7.75. The van der Waals surface area contributed by atoms with E-state index in [0.29, 0.717) is 18.7 Å². The van der Waals surface area contributed by atoms with Gasteiger partial charge in [0.25, 0.3) is 0 Å². The first-order chi connectivity index (χ1) is 10.5. The average Bonchev–Trinajstić information content (AvgIpc) is 3.10. The SMILES string of the molecule is Cc1ncccc1CN1CC[C@](O)(c2cn(C(C)C)nn2)C1. The number of aromatic nitrogens is 4. The molecule has 1 N–H and O–H groups in total. The van der Waals surface area contributed by atoms with Gasteiger partial charge in [0.1, 0.15) is 11.3 Å². The van der Waals surface area contributed by atoms with Gasteiger partial charge in [0.2, 0.25) is 0 Å². The first-order valence-electron chi connectivity index (χ1n) is 7.75. The lowest BCUT2D eigenvalue weighted by Gasteiger charge is -2.21. The molecule has 2 aromatic heterocycles. The summed E-state index contributed by atoms with van der Waals surface area (Å²) in [5.74, 6) is 0. The molecule has 0 aliphatic carbocycles. The fraction of sp³-hybridized carbons (Fsp3) is 0.562. The number of rotatable bonds is 4. The molecule has 0 saturated carbocycles.